The lowest BCUT2D eigenvalue weighted by molar-refractivity contribution is 0.0697. The number of hydrogen-bond acceptors (Lipinski definition) is 5. The highest BCUT2D eigenvalue weighted by Crippen LogP contribution is 2.38. The first-order valence-electron chi connectivity index (χ1n) is 7.15. The number of nitrogens with zero attached hydrogens (tertiary/aromatic N) is 1. The van der Waals surface area contributed by atoms with Gasteiger partial charge in [0.1, 0.15) is 5.75 Å². The fourth-order valence-corrected chi connectivity index (χ4v) is 2.41. The zero-order valence-electron chi connectivity index (χ0n) is 13.1. The molecule has 0 unspecified atom stereocenters. The van der Waals surface area contributed by atoms with Crippen molar-refractivity contribution in [1.29, 1.82) is 0 Å². The summed E-state index contributed by atoms with van der Waals surface area (Å²) in [4.78, 5) is 15.2. The van der Waals surface area contributed by atoms with Gasteiger partial charge in [0.25, 0.3) is 0 Å². The lowest BCUT2D eigenvalue weighted by Gasteiger charge is -2.13. The molecule has 1 heterocycles. The van der Waals surface area contributed by atoms with Crippen molar-refractivity contribution < 1.29 is 24.1 Å². The predicted molar refractivity (Wildman–Crippen MR) is 88.3 cm³/mol. The summed E-state index contributed by atoms with van der Waals surface area (Å²) in [6.07, 6.45) is 1.62. The first-order chi connectivity index (χ1) is 11.6. The van der Waals surface area contributed by atoms with Crippen molar-refractivity contribution in [2.24, 2.45) is 0 Å². The fraction of sp³-hybridized carbons (Fsp3) is 0.111. The van der Waals surface area contributed by atoms with E-state index in [-0.39, 0.29) is 5.56 Å². The number of carboxylic acids is 1. The van der Waals surface area contributed by atoms with E-state index in [0.717, 1.165) is 10.8 Å². The zero-order chi connectivity index (χ0) is 17.1. The molecule has 0 saturated carbocycles. The molecule has 0 bridgehead atoms. The topological polar surface area (TPSA) is 77.9 Å². The number of benzene rings is 2. The molecule has 0 aliphatic rings. The molecule has 2 aromatic carbocycles. The Morgan fingerprint density at radius 3 is 2.33 bits per heavy atom. The van der Waals surface area contributed by atoms with Crippen LogP contribution in [0.1, 0.15) is 10.4 Å². The number of pyridine rings is 1. The molecule has 24 heavy (non-hydrogen) atoms. The van der Waals surface area contributed by atoms with Crippen molar-refractivity contribution in [3.05, 3.63) is 54.2 Å². The van der Waals surface area contributed by atoms with Gasteiger partial charge in [-0.2, -0.15) is 0 Å². The summed E-state index contributed by atoms with van der Waals surface area (Å²) >= 11 is 0. The molecular formula is C18H15NO5. The van der Waals surface area contributed by atoms with Gasteiger partial charge >= 0.3 is 5.97 Å². The number of carboxylic acid groups (broad SMARTS) is 1. The molecule has 3 aromatic rings. The van der Waals surface area contributed by atoms with Crippen LogP contribution in [-0.4, -0.2) is 30.3 Å². The van der Waals surface area contributed by atoms with Gasteiger partial charge < -0.3 is 19.3 Å². The second-order valence-electron chi connectivity index (χ2n) is 4.94. The molecule has 6 heteroatoms. The maximum Gasteiger partial charge on any atom is 0.335 e. The van der Waals surface area contributed by atoms with Crippen molar-refractivity contribution >= 4 is 16.7 Å². The molecular weight excluding hydrogens is 310 g/mol. The maximum absolute atomic E-state index is 10.9. The molecule has 0 aliphatic carbocycles. The number of fused-ring (bicyclic) bond motifs is 1. The summed E-state index contributed by atoms with van der Waals surface area (Å²) in [6, 6.07) is 11.6. The Morgan fingerprint density at radius 1 is 0.958 bits per heavy atom. The smallest absolute Gasteiger partial charge is 0.335 e. The first-order valence-corrected chi connectivity index (χ1v) is 7.15. The second-order valence-corrected chi connectivity index (χ2v) is 4.94. The average Bonchev–Trinajstić information content (AvgIpc) is 2.61. The number of aromatic carboxylic acids is 1. The van der Waals surface area contributed by atoms with Crippen LogP contribution in [0.4, 0.5) is 0 Å². The number of carbonyl (C=O) groups is 1. The molecule has 122 valence electrons. The second kappa shape index (κ2) is 6.45. The molecule has 1 N–H and O–H groups in total. The van der Waals surface area contributed by atoms with Crippen molar-refractivity contribution in [3.63, 3.8) is 0 Å². The van der Waals surface area contributed by atoms with Crippen LogP contribution in [0.5, 0.6) is 23.1 Å². The molecule has 1 aromatic heterocycles. The van der Waals surface area contributed by atoms with E-state index < -0.39 is 5.97 Å². The third-order valence-corrected chi connectivity index (χ3v) is 3.56. The first kappa shape index (κ1) is 15.6. The standard InChI is InChI=1S/C18H15NO5/c1-22-15-8-7-14-13(16(15)23-2)9-10-19-17(14)24-12-5-3-11(4-6-12)18(20)21/h3-10H,1-2H3,(H,20,21). The van der Waals surface area contributed by atoms with Gasteiger partial charge in [-0.3, -0.25) is 0 Å². The van der Waals surface area contributed by atoms with Crippen LogP contribution in [-0.2, 0) is 0 Å². The summed E-state index contributed by atoms with van der Waals surface area (Å²) in [5, 5.41) is 10.5. The maximum atomic E-state index is 10.9. The summed E-state index contributed by atoms with van der Waals surface area (Å²) in [5.74, 6) is 1.13. The van der Waals surface area contributed by atoms with Crippen LogP contribution in [0.2, 0.25) is 0 Å². The monoisotopic (exact) mass is 325 g/mol. The van der Waals surface area contributed by atoms with Gasteiger partial charge in [0.15, 0.2) is 11.5 Å². The van der Waals surface area contributed by atoms with E-state index in [4.69, 9.17) is 19.3 Å². The average molecular weight is 325 g/mol. The molecule has 0 amide bonds. The number of aromatic nitrogens is 1. The van der Waals surface area contributed by atoms with E-state index in [2.05, 4.69) is 4.98 Å². The Bertz CT molecular complexity index is 890. The van der Waals surface area contributed by atoms with Crippen molar-refractivity contribution in [1.82, 2.24) is 4.98 Å². The summed E-state index contributed by atoms with van der Waals surface area (Å²) in [6.45, 7) is 0. The van der Waals surface area contributed by atoms with Gasteiger partial charge in [-0.15, -0.1) is 0 Å². The molecule has 0 atom stereocenters. The Balaban J connectivity index is 2.02. The molecule has 0 saturated heterocycles. The van der Waals surface area contributed by atoms with E-state index in [0.29, 0.717) is 23.1 Å². The van der Waals surface area contributed by atoms with Gasteiger partial charge in [-0.25, -0.2) is 9.78 Å². The van der Waals surface area contributed by atoms with Crippen LogP contribution in [0.3, 0.4) is 0 Å². The minimum atomic E-state index is -0.985. The molecule has 6 nitrogen and oxygen atoms in total. The predicted octanol–water partition coefficient (Wildman–Crippen LogP) is 3.74. The third kappa shape index (κ3) is 2.81. The summed E-state index contributed by atoms with van der Waals surface area (Å²) in [5.41, 5.74) is 0.194. The Hall–Kier alpha value is -3.28. The zero-order valence-corrected chi connectivity index (χ0v) is 13.1. The Morgan fingerprint density at radius 2 is 1.71 bits per heavy atom. The highest BCUT2D eigenvalue weighted by molar-refractivity contribution is 5.94. The highest BCUT2D eigenvalue weighted by atomic mass is 16.5. The van der Waals surface area contributed by atoms with Gasteiger partial charge in [0.2, 0.25) is 5.88 Å². The lowest BCUT2D eigenvalue weighted by Crippen LogP contribution is -1.96. The fourth-order valence-electron chi connectivity index (χ4n) is 2.41. The van der Waals surface area contributed by atoms with Gasteiger partial charge in [0.05, 0.1) is 19.8 Å². The Labute approximate surface area is 138 Å². The SMILES string of the molecule is COc1ccc2c(Oc3ccc(C(=O)O)cc3)nccc2c1OC. The minimum Gasteiger partial charge on any atom is -0.493 e. The van der Waals surface area contributed by atoms with Gasteiger partial charge in [0, 0.05) is 17.0 Å². The van der Waals surface area contributed by atoms with Gasteiger partial charge in [-0.05, 0) is 42.5 Å². The van der Waals surface area contributed by atoms with Crippen molar-refractivity contribution in [2.45, 2.75) is 0 Å². The normalized spacial score (nSPS) is 10.4. The number of methoxy groups -OCH3 is 2. The summed E-state index contributed by atoms with van der Waals surface area (Å²) < 4.78 is 16.5. The molecule has 0 aliphatic heterocycles. The van der Waals surface area contributed by atoms with Crippen LogP contribution in [0, 0.1) is 0 Å². The van der Waals surface area contributed by atoms with Gasteiger partial charge in [-0.1, -0.05) is 0 Å². The van der Waals surface area contributed by atoms with E-state index >= 15 is 0 Å². The van der Waals surface area contributed by atoms with Crippen molar-refractivity contribution in [2.75, 3.05) is 14.2 Å². The van der Waals surface area contributed by atoms with E-state index in [1.165, 1.54) is 12.1 Å². The van der Waals surface area contributed by atoms with Crippen molar-refractivity contribution in [3.8, 4) is 23.1 Å². The van der Waals surface area contributed by atoms with Crippen LogP contribution >= 0.6 is 0 Å². The van der Waals surface area contributed by atoms with Crippen LogP contribution in [0.15, 0.2) is 48.7 Å². The molecule has 0 spiro atoms. The number of hydrogen-bond donors (Lipinski definition) is 1. The lowest BCUT2D eigenvalue weighted by atomic mass is 10.1. The largest absolute Gasteiger partial charge is 0.493 e. The summed E-state index contributed by atoms with van der Waals surface area (Å²) in [7, 11) is 3.15. The quantitative estimate of drug-likeness (QED) is 0.770. The molecule has 3 rings (SSSR count). The minimum absolute atomic E-state index is 0.194. The van der Waals surface area contributed by atoms with E-state index in [9.17, 15) is 4.79 Å². The Kier molecular flexibility index (Phi) is 4.20. The number of rotatable bonds is 5. The van der Waals surface area contributed by atoms with E-state index in [1.807, 2.05) is 12.1 Å². The molecule has 0 radical (unpaired) electrons. The number of ether oxygens (including phenoxy) is 3. The third-order valence-electron chi connectivity index (χ3n) is 3.56. The van der Waals surface area contributed by atoms with E-state index in [1.54, 1.807) is 38.6 Å². The van der Waals surface area contributed by atoms with Crippen LogP contribution < -0.4 is 14.2 Å². The van der Waals surface area contributed by atoms with Crippen LogP contribution in [0.25, 0.3) is 10.8 Å². The molecule has 0 fully saturated rings. The highest BCUT2D eigenvalue weighted by Gasteiger charge is 2.13.